The van der Waals surface area contributed by atoms with Gasteiger partial charge in [0.15, 0.2) is 11.2 Å². The molecule has 9 nitrogen and oxygen atoms in total. The molecule has 1 saturated heterocycles. The summed E-state index contributed by atoms with van der Waals surface area (Å²) in [5, 5.41) is 6.34. The molecule has 1 aliphatic rings. The van der Waals surface area contributed by atoms with E-state index in [1.54, 1.807) is 7.05 Å². The van der Waals surface area contributed by atoms with Crippen molar-refractivity contribution in [2.75, 3.05) is 6.54 Å². The first-order chi connectivity index (χ1) is 11.4. The van der Waals surface area contributed by atoms with Gasteiger partial charge in [-0.25, -0.2) is 9.78 Å². The van der Waals surface area contributed by atoms with Crippen LogP contribution in [-0.2, 0) is 25.4 Å². The van der Waals surface area contributed by atoms with Crippen molar-refractivity contribution in [1.82, 2.24) is 29.3 Å². The van der Waals surface area contributed by atoms with Gasteiger partial charge in [0, 0.05) is 26.2 Å². The molecule has 10 heteroatoms. The van der Waals surface area contributed by atoms with Gasteiger partial charge in [0.05, 0.1) is 6.33 Å². The summed E-state index contributed by atoms with van der Waals surface area (Å²) < 4.78 is 3.82. The monoisotopic (exact) mass is 370 g/mol. The summed E-state index contributed by atoms with van der Waals surface area (Å²) in [6.45, 7) is 3.00. The van der Waals surface area contributed by atoms with Crippen molar-refractivity contribution in [2.45, 2.75) is 38.4 Å². The van der Waals surface area contributed by atoms with Crippen molar-refractivity contribution in [3.63, 3.8) is 0 Å². The standard InChI is InChI=1S/C15H22N6O3.ClH/c1-9-10(5-4-6-16-9)18-11(22)7-21-8-17-13-12(21)14(23)20(3)15(24)19(13)2;/h8-10,16H,4-7H2,1-3H3,(H,18,22);1H. The van der Waals surface area contributed by atoms with Gasteiger partial charge in [-0.15, -0.1) is 12.4 Å². The van der Waals surface area contributed by atoms with Crippen molar-refractivity contribution in [2.24, 2.45) is 14.1 Å². The van der Waals surface area contributed by atoms with Crippen molar-refractivity contribution in [1.29, 1.82) is 0 Å². The fourth-order valence-corrected chi connectivity index (χ4v) is 3.17. The number of carbonyl (C=O) groups excluding carboxylic acids is 1. The largest absolute Gasteiger partial charge is 0.350 e. The van der Waals surface area contributed by atoms with Gasteiger partial charge in [-0.3, -0.25) is 18.7 Å². The van der Waals surface area contributed by atoms with Crippen LogP contribution in [0.5, 0.6) is 0 Å². The first-order valence-electron chi connectivity index (χ1n) is 8.03. The molecule has 2 unspecified atom stereocenters. The van der Waals surface area contributed by atoms with E-state index in [0.717, 1.165) is 24.0 Å². The van der Waals surface area contributed by atoms with Gasteiger partial charge >= 0.3 is 5.69 Å². The van der Waals surface area contributed by atoms with Crippen molar-refractivity contribution >= 4 is 29.5 Å². The van der Waals surface area contributed by atoms with Gasteiger partial charge in [0.25, 0.3) is 5.56 Å². The Morgan fingerprint density at radius 3 is 2.76 bits per heavy atom. The molecule has 2 aromatic heterocycles. The lowest BCUT2D eigenvalue weighted by Crippen LogP contribution is -2.52. The number of imidazole rings is 1. The number of nitrogens with one attached hydrogen (secondary N) is 2. The first kappa shape index (κ1) is 19.2. The highest BCUT2D eigenvalue weighted by Gasteiger charge is 2.23. The van der Waals surface area contributed by atoms with Crippen molar-refractivity contribution in [3.8, 4) is 0 Å². The van der Waals surface area contributed by atoms with E-state index in [2.05, 4.69) is 15.6 Å². The molecule has 2 atom stereocenters. The van der Waals surface area contributed by atoms with Crippen LogP contribution < -0.4 is 21.9 Å². The van der Waals surface area contributed by atoms with Gasteiger partial charge < -0.3 is 15.2 Å². The van der Waals surface area contributed by atoms with Crippen LogP contribution in [0, 0.1) is 0 Å². The predicted octanol–water partition coefficient (Wildman–Crippen LogP) is -0.888. The summed E-state index contributed by atoms with van der Waals surface area (Å²) in [6.07, 6.45) is 3.38. The third-order valence-electron chi connectivity index (χ3n) is 4.64. The lowest BCUT2D eigenvalue weighted by molar-refractivity contribution is -0.122. The zero-order chi connectivity index (χ0) is 17.4. The fourth-order valence-electron chi connectivity index (χ4n) is 3.17. The Balaban J connectivity index is 0.00000225. The normalized spacial score (nSPS) is 20.3. The molecular formula is C15H23ClN6O3. The lowest BCUT2D eigenvalue weighted by atomic mass is 10.00. The van der Waals surface area contributed by atoms with E-state index < -0.39 is 11.2 Å². The van der Waals surface area contributed by atoms with Crippen LogP contribution in [-0.4, -0.2) is 43.2 Å². The topological polar surface area (TPSA) is 103 Å². The Labute approximate surface area is 150 Å². The molecule has 1 fully saturated rings. The van der Waals surface area contributed by atoms with E-state index in [1.165, 1.54) is 22.5 Å². The second-order valence-corrected chi connectivity index (χ2v) is 6.31. The maximum Gasteiger partial charge on any atom is 0.332 e. The molecule has 0 aliphatic carbocycles. The Bertz CT molecular complexity index is 899. The van der Waals surface area contributed by atoms with Gasteiger partial charge in [-0.1, -0.05) is 0 Å². The fraction of sp³-hybridized carbons (Fsp3) is 0.600. The summed E-state index contributed by atoms with van der Waals surface area (Å²) >= 11 is 0. The highest BCUT2D eigenvalue weighted by atomic mass is 35.5. The Morgan fingerprint density at radius 1 is 1.36 bits per heavy atom. The smallest absolute Gasteiger partial charge is 0.332 e. The number of nitrogens with zero attached hydrogens (tertiary/aromatic N) is 4. The SMILES string of the molecule is CC1NCCCC1NC(=O)Cn1cnc2c1c(=O)n(C)c(=O)n2C.Cl. The van der Waals surface area contributed by atoms with Crippen LogP contribution in [0.25, 0.3) is 11.2 Å². The maximum absolute atomic E-state index is 12.4. The minimum absolute atomic E-state index is 0. The number of aryl methyl sites for hydroxylation is 1. The maximum atomic E-state index is 12.4. The van der Waals surface area contributed by atoms with E-state index in [-0.39, 0.29) is 48.1 Å². The summed E-state index contributed by atoms with van der Waals surface area (Å²) in [7, 11) is 2.97. The predicted molar refractivity (Wildman–Crippen MR) is 96.1 cm³/mol. The molecule has 2 N–H and O–H groups in total. The van der Waals surface area contributed by atoms with Gasteiger partial charge in [0.1, 0.15) is 6.54 Å². The van der Waals surface area contributed by atoms with E-state index in [9.17, 15) is 14.4 Å². The van der Waals surface area contributed by atoms with Crippen LogP contribution in [0.15, 0.2) is 15.9 Å². The molecule has 0 bridgehead atoms. The van der Waals surface area contributed by atoms with Crippen LogP contribution >= 0.6 is 12.4 Å². The van der Waals surface area contributed by atoms with Crippen molar-refractivity contribution in [3.05, 3.63) is 27.2 Å². The number of fused-ring (bicyclic) bond motifs is 1. The summed E-state index contributed by atoms with van der Waals surface area (Å²) in [4.78, 5) is 40.7. The number of piperidine rings is 1. The number of amides is 1. The molecule has 0 radical (unpaired) electrons. The number of rotatable bonds is 3. The van der Waals surface area contributed by atoms with E-state index in [1.807, 2.05) is 6.92 Å². The molecule has 0 aromatic carbocycles. The highest BCUT2D eigenvalue weighted by Crippen LogP contribution is 2.09. The molecule has 1 amide bonds. The third kappa shape index (κ3) is 3.47. The van der Waals surface area contributed by atoms with E-state index >= 15 is 0 Å². The number of hydrogen-bond donors (Lipinski definition) is 2. The lowest BCUT2D eigenvalue weighted by Gasteiger charge is -2.30. The molecule has 2 aromatic rings. The Morgan fingerprint density at radius 2 is 2.08 bits per heavy atom. The second kappa shape index (κ2) is 7.40. The van der Waals surface area contributed by atoms with Crippen LogP contribution in [0.2, 0.25) is 0 Å². The minimum atomic E-state index is -0.453. The molecule has 0 spiro atoms. The molecule has 0 saturated carbocycles. The van der Waals surface area contributed by atoms with Crippen molar-refractivity contribution < 1.29 is 4.79 Å². The Kier molecular flexibility index (Phi) is 5.69. The van der Waals surface area contributed by atoms with Gasteiger partial charge in [-0.05, 0) is 26.3 Å². The van der Waals surface area contributed by atoms with Gasteiger partial charge in [0.2, 0.25) is 5.91 Å². The molecule has 1 aliphatic heterocycles. The van der Waals surface area contributed by atoms with E-state index in [0.29, 0.717) is 0 Å². The quantitative estimate of drug-likeness (QED) is 0.729. The highest BCUT2D eigenvalue weighted by molar-refractivity contribution is 5.85. The first-order valence-corrected chi connectivity index (χ1v) is 8.03. The summed E-state index contributed by atoms with van der Waals surface area (Å²) in [5.74, 6) is -0.175. The minimum Gasteiger partial charge on any atom is -0.350 e. The molecule has 3 rings (SSSR count). The molecule has 138 valence electrons. The number of aromatic nitrogens is 4. The van der Waals surface area contributed by atoms with Crippen LogP contribution in [0.1, 0.15) is 19.8 Å². The molecular weight excluding hydrogens is 348 g/mol. The molecule has 25 heavy (non-hydrogen) atoms. The van der Waals surface area contributed by atoms with Crippen LogP contribution in [0.3, 0.4) is 0 Å². The number of carbonyl (C=O) groups is 1. The zero-order valence-electron chi connectivity index (χ0n) is 14.5. The summed E-state index contributed by atoms with van der Waals surface area (Å²) in [6, 6.07) is 0.296. The Hall–Kier alpha value is -2.13. The van der Waals surface area contributed by atoms with Gasteiger partial charge in [-0.2, -0.15) is 0 Å². The average Bonchev–Trinajstić information content (AvgIpc) is 2.96. The van der Waals surface area contributed by atoms with Crippen LogP contribution in [0.4, 0.5) is 0 Å². The second-order valence-electron chi connectivity index (χ2n) is 6.31. The average molecular weight is 371 g/mol. The number of hydrogen-bond acceptors (Lipinski definition) is 5. The number of halogens is 1. The summed E-state index contributed by atoms with van der Waals surface area (Å²) in [5.41, 5.74) is -0.358. The third-order valence-corrected chi connectivity index (χ3v) is 4.64. The zero-order valence-corrected chi connectivity index (χ0v) is 15.3. The molecule has 3 heterocycles. The van der Waals surface area contributed by atoms with E-state index in [4.69, 9.17) is 0 Å².